The van der Waals surface area contributed by atoms with Crippen LogP contribution in [0.5, 0.6) is 11.5 Å². The van der Waals surface area contributed by atoms with E-state index in [9.17, 15) is 0 Å². The highest BCUT2D eigenvalue weighted by molar-refractivity contribution is 5.76. The Hall–Kier alpha value is -1.75. The van der Waals surface area contributed by atoms with Crippen LogP contribution in [0.25, 0.3) is 0 Å². The maximum Gasteiger partial charge on any atom is 0.119 e. The van der Waals surface area contributed by atoms with Gasteiger partial charge >= 0.3 is 0 Å². The molecule has 1 aromatic rings. The van der Waals surface area contributed by atoms with E-state index in [0.29, 0.717) is 13.0 Å². The topological polar surface area (TPSA) is 71.6 Å². The molecule has 106 valence electrons. The summed E-state index contributed by atoms with van der Waals surface area (Å²) in [6, 6.07) is 7.54. The number of amidine groups is 1. The van der Waals surface area contributed by atoms with Crippen molar-refractivity contribution in [2.45, 2.75) is 13.3 Å². The van der Waals surface area contributed by atoms with E-state index in [1.165, 1.54) is 0 Å². The molecule has 19 heavy (non-hydrogen) atoms. The number of nitrogens with two attached hydrogens (primary N) is 1. The van der Waals surface area contributed by atoms with Crippen LogP contribution < -0.4 is 15.2 Å². The second-order valence-corrected chi connectivity index (χ2v) is 4.23. The number of nitrogens with zero attached hydrogens (tertiary/aromatic N) is 1. The summed E-state index contributed by atoms with van der Waals surface area (Å²) in [5.74, 6) is 1.89. The van der Waals surface area contributed by atoms with E-state index in [-0.39, 0.29) is 5.84 Å². The molecule has 3 N–H and O–H groups in total. The maximum absolute atomic E-state index is 7.22. The summed E-state index contributed by atoms with van der Waals surface area (Å²) in [7, 11) is 1.64. The first-order chi connectivity index (χ1) is 9.15. The zero-order valence-corrected chi connectivity index (χ0v) is 11.7. The van der Waals surface area contributed by atoms with E-state index in [2.05, 4.69) is 11.8 Å². The number of likely N-dealkylation sites (N-methyl/N-ethyl adjacent to an activating group) is 1. The van der Waals surface area contributed by atoms with Gasteiger partial charge in [-0.05, 0) is 30.8 Å². The molecule has 0 bridgehead atoms. The quantitative estimate of drug-likeness (QED) is 0.527. The van der Waals surface area contributed by atoms with Crippen LogP contribution >= 0.6 is 0 Å². The van der Waals surface area contributed by atoms with Gasteiger partial charge in [0.25, 0.3) is 0 Å². The smallest absolute Gasteiger partial charge is 0.119 e. The van der Waals surface area contributed by atoms with Crippen molar-refractivity contribution in [2.75, 3.05) is 33.4 Å². The van der Waals surface area contributed by atoms with E-state index < -0.39 is 0 Å². The number of hydrogen-bond donors (Lipinski definition) is 2. The van der Waals surface area contributed by atoms with Crippen LogP contribution in [0.3, 0.4) is 0 Å². The first-order valence-corrected chi connectivity index (χ1v) is 6.47. The van der Waals surface area contributed by atoms with Crippen LogP contribution in [0.1, 0.15) is 13.3 Å². The molecular weight excluding hydrogens is 242 g/mol. The third-order valence-electron chi connectivity index (χ3n) is 2.88. The zero-order chi connectivity index (χ0) is 14.1. The number of ether oxygens (including phenoxy) is 2. The maximum atomic E-state index is 7.22. The fourth-order valence-corrected chi connectivity index (χ4v) is 1.67. The van der Waals surface area contributed by atoms with Gasteiger partial charge in [-0.15, -0.1) is 0 Å². The fraction of sp³-hybridized carbons (Fsp3) is 0.500. The summed E-state index contributed by atoms with van der Waals surface area (Å²) < 4.78 is 10.8. The lowest BCUT2D eigenvalue weighted by atomic mass is 10.3. The molecule has 0 amide bonds. The minimum atomic E-state index is 0.231. The van der Waals surface area contributed by atoms with Crippen molar-refractivity contribution in [2.24, 2.45) is 5.73 Å². The highest BCUT2D eigenvalue weighted by Crippen LogP contribution is 2.16. The Bertz CT molecular complexity index is 379. The van der Waals surface area contributed by atoms with E-state index >= 15 is 0 Å². The van der Waals surface area contributed by atoms with Crippen molar-refractivity contribution in [3.05, 3.63) is 24.3 Å². The van der Waals surface area contributed by atoms with Gasteiger partial charge in [-0.3, -0.25) is 10.3 Å². The predicted molar refractivity (Wildman–Crippen MR) is 77.1 cm³/mol. The van der Waals surface area contributed by atoms with Crippen LogP contribution in [0, 0.1) is 5.41 Å². The van der Waals surface area contributed by atoms with Crippen LogP contribution in [-0.2, 0) is 0 Å². The van der Waals surface area contributed by atoms with E-state index in [1.807, 2.05) is 24.3 Å². The third kappa shape index (κ3) is 6.10. The molecule has 0 aromatic heterocycles. The first-order valence-electron chi connectivity index (χ1n) is 6.47. The second-order valence-electron chi connectivity index (χ2n) is 4.23. The number of hydrogen-bond acceptors (Lipinski definition) is 4. The van der Waals surface area contributed by atoms with Gasteiger partial charge in [-0.25, -0.2) is 0 Å². The predicted octanol–water partition coefficient (Wildman–Crippen LogP) is 1.72. The van der Waals surface area contributed by atoms with Gasteiger partial charge < -0.3 is 15.2 Å². The van der Waals surface area contributed by atoms with Gasteiger partial charge in [0.1, 0.15) is 18.1 Å². The normalized spacial score (nSPS) is 10.5. The van der Waals surface area contributed by atoms with Crippen LogP contribution in [-0.4, -0.2) is 44.1 Å². The van der Waals surface area contributed by atoms with Crippen LogP contribution in [0.15, 0.2) is 24.3 Å². The summed E-state index contributed by atoms with van der Waals surface area (Å²) >= 11 is 0. The molecule has 0 aliphatic rings. The Morgan fingerprint density at radius 1 is 1.21 bits per heavy atom. The minimum absolute atomic E-state index is 0.231. The molecule has 0 aliphatic carbocycles. The molecule has 0 heterocycles. The van der Waals surface area contributed by atoms with E-state index in [4.69, 9.17) is 20.6 Å². The molecule has 0 spiro atoms. The van der Waals surface area contributed by atoms with Crippen LogP contribution in [0.4, 0.5) is 0 Å². The van der Waals surface area contributed by atoms with E-state index in [1.54, 1.807) is 7.11 Å². The molecule has 0 saturated heterocycles. The summed E-state index contributed by atoms with van der Waals surface area (Å²) in [5, 5.41) is 7.22. The minimum Gasteiger partial charge on any atom is -0.497 e. The number of rotatable bonds is 9. The van der Waals surface area contributed by atoms with Crippen molar-refractivity contribution >= 4 is 5.84 Å². The van der Waals surface area contributed by atoms with Crippen molar-refractivity contribution in [1.29, 1.82) is 5.41 Å². The molecular formula is C14H23N3O2. The Balaban J connectivity index is 2.28. The lowest BCUT2D eigenvalue weighted by Crippen LogP contribution is -2.31. The van der Waals surface area contributed by atoms with Gasteiger partial charge in [0.05, 0.1) is 12.9 Å². The number of benzene rings is 1. The van der Waals surface area contributed by atoms with Gasteiger partial charge in [-0.1, -0.05) is 6.92 Å². The molecule has 0 fully saturated rings. The summed E-state index contributed by atoms with van der Waals surface area (Å²) in [6.45, 7) is 5.28. The molecule has 0 radical (unpaired) electrons. The lowest BCUT2D eigenvalue weighted by Gasteiger charge is -2.20. The largest absolute Gasteiger partial charge is 0.497 e. The highest BCUT2D eigenvalue weighted by atomic mass is 16.5. The molecule has 5 nitrogen and oxygen atoms in total. The zero-order valence-electron chi connectivity index (χ0n) is 11.7. The number of nitrogens with one attached hydrogen (secondary N) is 1. The average Bonchev–Trinajstić information content (AvgIpc) is 2.43. The highest BCUT2D eigenvalue weighted by Gasteiger charge is 2.03. The Morgan fingerprint density at radius 2 is 1.84 bits per heavy atom. The first kappa shape index (κ1) is 15.3. The van der Waals surface area contributed by atoms with Gasteiger partial charge in [0.2, 0.25) is 0 Å². The summed E-state index contributed by atoms with van der Waals surface area (Å²) in [4.78, 5) is 2.21. The second kappa shape index (κ2) is 8.37. The lowest BCUT2D eigenvalue weighted by molar-refractivity contribution is 0.219. The summed E-state index contributed by atoms with van der Waals surface area (Å²) in [5.41, 5.74) is 5.36. The molecule has 0 saturated carbocycles. The standard InChI is InChI=1S/C14H23N3O2/c1-3-17(9-8-14(15)16)10-11-19-13-6-4-12(18-2)5-7-13/h4-7H,3,8-11H2,1-2H3,(H3,15,16). The van der Waals surface area contributed by atoms with Crippen molar-refractivity contribution in [3.8, 4) is 11.5 Å². The van der Waals surface area contributed by atoms with Gasteiger partial charge in [0.15, 0.2) is 0 Å². The fourth-order valence-electron chi connectivity index (χ4n) is 1.67. The van der Waals surface area contributed by atoms with Crippen molar-refractivity contribution < 1.29 is 9.47 Å². The molecule has 1 aromatic carbocycles. The van der Waals surface area contributed by atoms with Crippen molar-refractivity contribution in [1.82, 2.24) is 4.90 Å². The molecule has 0 aliphatic heterocycles. The Morgan fingerprint density at radius 3 is 2.37 bits per heavy atom. The molecule has 0 unspecified atom stereocenters. The monoisotopic (exact) mass is 265 g/mol. The molecule has 0 atom stereocenters. The molecule has 5 heteroatoms. The van der Waals surface area contributed by atoms with E-state index in [0.717, 1.165) is 31.1 Å². The Labute approximate surface area is 114 Å². The van der Waals surface area contributed by atoms with Crippen LogP contribution in [0.2, 0.25) is 0 Å². The number of methoxy groups -OCH3 is 1. The third-order valence-corrected chi connectivity index (χ3v) is 2.88. The average molecular weight is 265 g/mol. The van der Waals surface area contributed by atoms with Gasteiger partial charge in [-0.2, -0.15) is 0 Å². The Kier molecular flexibility index (Phi) is 6.74. The SMILES string of the molecule is CCN(CCOc1ccc(OC)cc1)CCC(=N)N. The molecule has 1 rings (SSSR count). The van der Waals surface area contributed by atoms with Gasteiger partial charge in [0, 0.05) is 19.5 Å². The summed E-state index contributed by atoms with van der Waals surface area (Å²) in [6.07, 6.45) is 0.608. The van der Waals surface area contributed by atoms with Crippen molar-refractivity contribution in [3.63, 3.8) is 0 Å².